The molecule has 2 fully saturated rings. The van der Waals surface area contributed by atoms with Crippen molar-refractivity contribution in [3.05, 3.63) is 0 Å². The summed E-state index contributed by atoms with van der Waals surface area (Å²) in [5, 5.41) is 8.76. The topological polar surface area (TPSA) is 57.6 Å². The third-order valence-electron chi connectivity index (χ3n) is 3.30. The lowest BCUT2D eigenvalue weighted by Crippen LogP contribution is -2.34. The number of hydrogen-bond donors (Lipinski definition) is 1. The Kier molecular flexibility index (Phi) is 2.79. The number of aliphatic carboxylic acids is 1. The fourth-order valence-electron chi connectivity index (χ4n) is 2.15. The Balaban J connectivity index is 2.11. The number of carboxylic acids is 1. The van der Waals surface area contributed by atoms with Gasteiger partial charge in [0.05, 0.1) is 11.8 Å². The van der Waals surface area contributed by atoms with Crippen LogP contribution >= 0.6 is 0 Å². The van der Waals surface area contributed by atoms with Gasteiger partial charge in [-0.15, -0.1) is 0 Å². The summed E-state index contributed by atoms with van der Waals surface area (Å²) in [7, 11) is 0. The van der Waals surface area contributed by atoms with E-state index < -0.39 is 30.5 Å². The fraction of sp³-hybridized carbons (Fsp3) is 0.800. The zero-order valence-corrected chi connectivity index (χ0v) is 8.91. The van der Waals surface area contributed by atoms with Crippen molar-refractivity contribution >= 4 is 11.9 Å². The number of alkyl halides is 3. The molecule has 1 amide bonds. The van der Waals surface area contributed by atoms with Gasteiger partial charge in [-0.25, -0.2) is 0 Å². The normalized spacial score (nSPS) is 29.5. The fourth-order valence-corrected chi connectivity index (χ4v) is 2.15. The number of rotatable bonds is 2. The van der Waals surface area contributed by atoms with Crippen LogP contribution in [0.2, 0.25) is 0 Å². The van der Waals surface area contributed by atoms with Gasteiger partial charge < -0.3 is 10.0 Å². The summed E-state index contributed by atoms with van der Waals surface area (Å²) in [6, 6.07) is 0. The predicted molar refractivity (Wildman–Crippen MR) is 50.0 cm³/mol. The van der Waals surface area contributed by atoms with Gasteiger partial charge in [0.25, 0.3) is 0 Å². The van der Waals surface area contributed by atoms with Gasteiger partial charge in [0, 0.05) is 19.0 Å². The van der Waals surface area contributed by atoms with Gasteiger partial charge >= 0.3 is 12.1 Å². The molecule has 1 saturated carbocycles. The summed E-state index contributed by atoms with van der Waals surface area (Å²) in [5.74, 6) is -5.47. The van der Waals surface area contributed by atoms with Crippen LogP contribution in [0.25, 0.3) is 0 Å². The van der Waals surface area contributed by atoms with Crippen LogP contribution in [-0.2, 0) is 9.59 Å². The molecular formula is C10H12F3NO3. The molecule has 0 aromatic heterocycles. The van der Waals surface area contributed by atoms with Crippen molar-refractivity contribution in [2.45, 2.75) is 19.0 Å². The quantitative estimate of drug-likeness (QED) is 0.800. The molecule has 0 unspecified atom stereocenters. The highest BCUT2D eigenvalue weighted by Crippen LogP contribution is 2.40. The van der Waals surface area contributed by atoms with Crippen LogP contribution in [0.1, 0.15) is 12.8 Å². The van der Waals surface area contributed by atoms with E-state index in [1.165, 1.54) is 0 Å². The van der Waals surface area contributed by atoms with Crippen LogP contribution in [0.5, 0.6) is 0 Å². The molecule has 1 aliphatic heterocycles. The van der Waals surface area contributed by atoms with E-state index in [0.29, 0.717) is 12.8 Å². The molecule has 1 aliphatic carbocycles. The third kappa shape index (κ3) is 2.37. The molecule has 0 aromatic carbocycles. The molecule has 1 saturated heterocycles. The highest BCUT2D eigenvalue weighted by Gasteiger charge is 2.54. The first-order valence-electron chi connectivity index (χ1n) is 5.39. The Bertz CT molecular complexity index is 351. The standard InChI is InChI=1S/C10H12F3NO3/c11-10(12,13)7-4-14(3-6(7)9(16)17)8(15)5-1-2-5/h5-7H,1-4H2,(H,16,17)/t6-,7-/m1/s1. The smallest absolute Gasteiger partial charge is 0.394 e. The maximum atomic E-state index is 12.6. The molecular weight excluding hydrogens is 239 g/mol. The van der Waals surface area contributed by atoms with E-state index >= 15 is 0 Å². The van der Waals surface area contributed by atoms with E-state index in [2.05, 4.69) is 0 Å². The number of carbonyl (C=O) groups is 2. The highest BCUT2D eigenvalue weighted by atomic mass is 19.4. The number of amides is 1. The number of carboxylic acid groups (broad SMARTS) is 1. The molecule has 7 heteroatoms. The van der Waals surface area contributed by atoms with E-state index in [4.69, 9.17) is 5.11 Å². The summed E-state index contributed by atoms with van der Waals surface area (Å²) in [4.78, 5) is 23.4. The largest absolute Gasteiger partial charge is 0.481 e. The van der Waals surface area contributed by atoms with Crippen LogP contribution in [0.15, 0.2) is 0 Å². The van der Waals surface area contributed by atoms with Crippen molar-refractivity contribution in [3.63, 3.8) is 0 Å². The Labute approximate surface area is 95.4 Å². The van der Waals surface area contributed by atoms with Crippen LogP contribution in [0.4, 0.5) is 13.2 Å². The number of carbonyl (C=O) groups excluding carboxylic acids is 1. The van der Waals surface area contributed by atoms with Crippen LogP contribution < -0.4 is 0 Å². The van der Waals surface area contributed by atoms with Crippen molar-refractivity contribution in [2.24, 2.45) is 17.8 Å². The zero-order valence-electron chi connectivity index (χ0n) is 8.91. The van der Waals surface area contributed by atoms with Crippen molar-refractivity contribution in [2.75, 3.05) is 13.1 Å². The summed E-state index contributed by atoms with van der Waals surface area (Å²) in [6.45, 7) is -0.843. The summed E-state index contributed by atoms with van der Waals surface area (Å²) >= 11 is 0. The van der Waals surface area contributed by atoms with Crippen LogP contribution in [-0.4, -0.2) is 41.1 Å². The maximum absolute atomic E-state index is 12.6. The predicted octanol–water partition coefficient (Wildman–Crippen LogP) is 1.12. The van der Waals surface area contributed by atoms with Gasteiger partial charge in [0.15, 0.2) is 0 Å². The average molecular weight is 251 g/mol. The Morgan fingerprint density at radius 1 is 1.18 bits per heavy atom. The van der Waals surface area contributed by atoms with Crippen molar-refractivity contribution in [1.82, 2.24) is 4.90 Å². The van der Waals surface area contributed by atoms with Gasteiger partial charge in [-0.1, -0.05) is 0 Å². The molecule has 2 atom stereocenters. The Morgan fingerprint density at radius 2 is 1.76 bits per heavy atom. The summed E-state index contributed by atoms with van der Waals surface area (Å²) in [6.07, 6.45) is -3.17. The van der Waals surface area contributed by atoms with Gasteiger partial charge in [-0.05, 0) is 12.8 Å². The lowest BCUT2D eigenvalue weighted by atomic mass is 9.96. The minimum absolute atomic E-state index is 0.184. The monoisotopic (exact) mass is 251 g/mol. The molecule has 1 N–H and O–H groups in total. The van der Waals surface area contributed by atoms with E-state index in [0.717, 1.165) is 4.90 Å². The summed E-state index contributed by atoms with van der Waals surface area (Å²) < 4.78 is 37.9. The zero-order chi connectivity index (χ0) is 12.8. The molecule has 17 heavy (non-hydrogen) atoms. The molecule has 4 nitrogen and oxygen atoms in total. The Morgan fingerprint density at radius 3 is 2.12 bits per heavy atom. The second-order valence-electron chi connectivity index (χ2n) is 4.61. The molecule has 0 bridgehead atoms. The van der Waals surface area contributed by atoms with Gasteiger partial charge in [0.1, 0.15) is 0 Å². The lowest BCUT2D eigenvalue weighted by molar-refractivity contribution is -0.188. The first-order chi connectivity index (χ1) is 7.80. The van der Waals surface area contributed by atoms with Gasteiger partial charge in [-0.3, -0.25) is 9.59 Å². The number of nitrogens with zero attached hydrogens (tertiary/aromatic N) is 1. The first-order valence-corrected chi connectivity index (χ1v) is 5.39. The van der Waals surface area contributed by atoms with Crippen LogP contribution in [0.3, 0.4) is 0 Å². The Hall–Kier alpha value is -1.27. The lowest BCUT2D eigenvalue weighted by Gasteiger charge is -2.18. The molecule has 96 valence electrons. The maximum Gasteiger partial charge on any atom is 0.394 e. The molecule has 2 rings (SSSR count). The number of likely N-dealkylation sites (tertiary alicyclic amines) is 1. The molecule has 0 spiro atoms. The van der Waals surface area contributed by atoms with Crippen molar-refractivity contribution in [1.29, 1.82) is 0 Å². The average Bonchev–Trinajstić information content (AvgIpc) is 2.92. The second kappa shape index (κ2) is 3.89. The minimum Gasteiger partial charge on any atom is -0.481 e. The number of halogens is 3. The third-order valence-corrected chi connectivity index (χ3v) is 3.30. The van der Waals surface area contributed by atoms with E-state index in [1.807, 2.05) is 0 Å². The van der Waals surface area contributed by atoms with Gasteiger partial charge in [-0.2, -0.15) is 13.2 Å². The first kappa shape index (κ1) is 12.2. The molecule has 0 radical (unpaired) electrons. The van der Waals surface area contributed by atoms with Crippen molar-refractivity contribution in [3.8, 4) is 0 Å². The molecule has 1 heterocycles. The van der Waals surface area contributed by atoms with E-state index in [9.17, 15) is 22.8 Å². The van der Waals surface area contributed by atoms with E-state index in [1.54, 1.807) is 0 Å². The van der Waals surface area contributed by atoms with Gasteiger partial charge in [0.2, 0.25) is 5.91 Å². The molecule has 2 aliphatic rings. The summed E-state index contributed by atoms with van der Waals surface area (Å²) in [5.41, 5.74) is 0. The second-order valence-corrected chi connectivity index (χ2v) is 4.61. The van der Waals surface area contributed by atoms with E-state index in [-0.39, 0.29) is 18.4 Å². The SMILES string of the molecule is O=C(O)[C@@H]1CN(C(=O)C2CC2)C[C@H]1C(F)(F)F. The van der Waals surface area contributed by atoms with Crippen molar-refractivity contribution < 1.29 is 27.9 Å². The van der Waals surface area contributed by atoms with Crippen LogP contribution in [0, 0.1) is 17.8 Å². The molecule has 0 aromatic rings. The minimum atomic E-state index is -4.57. The number of hydrogen-bond acceptors (Lipinski definition) is 2. The highest BCUT2D eigenvalue weighted by molar-refractivity contribution is 5.82.